The molecule has 5 nitrogen and oxygen atoms in total. The first kappa shape index (κ1) is 15.8. The van der Waals surface area contributed by atoms with E-state index in [0.29, 0.717) is 11.5 Å². The van der Waals surface area contributed by atoms with E-state index in [1.54, 1.807) is 18.2 Å². The van der Waals surface area contributed by atoms with E-state index in [9.17, 15) is 12.8 Å². The minimum Gasteiger partial charge on any atom is -0.472 e. The van der Waals surface area contributed by atoms with Gasteiger partial charge in [-0.05, 0) is 36.4 Å². The summed E-state index contributed by atoms with van der Waals surface area (Å²) in [5, 5.41) is -0.256. The van der Waals surface area contributed by atoms with Crippen LogP contribution in [0.1, 0.15) is 5.76 Å². The smallest absolute Gasteiger partial charge is 0.241 e. The van der Waals surface area contributed by atoms with Crippen LogP contribution >= 0.6 is 11.6 Å². The molecule has 120 valence electrons. The first-order valence-corrected chi connectivity index (χ1v) is 8.38. The Balaban J connectivity index is 1.73. The van der Waals surface area contributed by atoms with Gasteiger partial charge in [-0.2, -0.15) is 0 Å². The van der Waals surface area contributed by atoms with Crippen LogP contribution in [0.5, 0.6) is 0 Å². The molecule has 0 atom stereocenters. The van der Waals surface area contributed by atoms with Crippen molar-refractivity contribution in [2.24, 2.45) is 0 Å². The van der Waals surface area contributed by atoms with Gasteiger partial charge in [-0.25, -0.2) is 17.5 Å². The molecule has 0 saturated carbocycles. The highest BCUT2D eigenvalue weighted by Gasteiger charge is 2.16. The largest absolute Gasteiger partial charge is 0.472 e. The van der Waals surface area contributed by atoms with Gasteiger partial charge in [0, 0.05) is 0 Å². The summed E-state index contributed by atoms with van der Waals surface area (Å²) in [6.07, 6.45) is 3.03. The van der Waals surface area contributed by atoms with Crippen molar-refractivity contribution >= 4 is 21.6 Å². The predicted molar refractivity (Wildman–Crippen MR) is 81.8 cm³/mol. The zero-order valence-electron chi connectivity index (χ0n) is 11.6. The Morgan fingerprint density at radius 2 is 2.00 bits per heavy atom. The van der Waals surface area contributed by atoms with Crippen molar-refractivity contribution in [2.75, 3.05) is 0 Å². The van der Waals surface area contributed by atoms with Crippen LogP contribution in [-0.2, 0) is 16.6 Å². The Bertz CT molecular complexity index is 919. The molecule has 8 heteroatoms. The van der Waals surface area contributed by atoms with Crippen molar-refractivity contribution in [3.05, 3.63) is 65.5 Å². The molecule has 1 N–H and O–H groups in total. The Kier molecular flexibility index (Phi) is 4.25. The molecule has 0 aliphatic carbocycles. The lowest BCUT2D eigenvalue weighted by atomic mass is 10.3. The molecule has 0 amide bonds. The molecule has 2 heterocycles. The molecular weight excluding hydrogens is 345 g/mol. The third-order valence-corrected chi connectivity index (χ3v) is 4.79. The lowest BCUT2D eigenvalue weighted by Gasteiger charge is -2.06. The molecule has 0 radical (unpaired) electrons. The number of hydrogen-bond donors (Lipinski definition) is 1. The van der Waals surface area contributed by atoms with Gasteiger partial charge in [0.1, 0.15) is 23.6 Å². The van der Waals surface area contributed by atoms with Crippen LogP contribution in [0.4, 0.5) is 4.39 Å². The third kappa shape index (κ3) is 3.47. The molecule has 0 aliphatic heterocycles. The van der Waals surface area contributed by atoms with Crippen molar-refractivity contribution in [1.29, 1.82) is 0 Å². The highest BCUT2D eigenvalue weighted by Crippen LogP contribution is 2.23. The van der Waals surface area contributed by atoms with Gasteiger partial charge >= 0.3 is 0 Å². The Hall–Kier alpha value is -2.09. The number of halogens is 2. The maximum Gasteiger partial charge on any atom is 0.241 e. The Labute approximate surface area is 136 Å². The molecule has 0 aliphatic rings. The molecule has 0 saturated heterocycles. The molecule has 0 fully saturated rings. The maximum atomic E-state index is 13.1. The fourth-order valence-corrected chi connectivity index (χ4v) is 3.19. The van der Waals surface area contributed by atoms with Gasteiger partial charge in [0.05, 0.1) is 28.3 Å². The molecule has 0 spiro atoms. The first-order valence-electron chi connectivity index (χ1n) is 6.52. The molecule has 23 heavy (non-hydrogen) atoms. The Morgan fingerprint density at radius 3 is 2.70 bits per heavy atom. The van der Waals surface area contributed by atoms with E-state index in [1.165, 1.54) is 12.5 Å². The fraction of sp³-hybridized carbons (Fsp3) is 0.0667. The van der Waals surface area contributed by atoms with Crippen LogP contribution in [0.25, 0.3) is 11.3 Å². The summed E-state index contributed by atoms with van der Waals surface area (Å²) in [7, 11) is -3.82. The van der Waals surface area contributed by atoms with Gasteiger partial charge in [0.15, 0.2) is 0 Å². The minimum absolute atomic E-state index is 0.0464. The third-order valence-electron chi connectivity index (χ3n) is 3.11. The number of rotatable bonds is 5. The lowest BCUT2D eigenvalue weighted by molar-refractivity contribution is 0.507. The van der Waals surface area contributed by atoms with E-state index >= 15 is 0 Å². The predicted octanol–water partition coefficient (Wildman–Crippen LogP) is 3.81. The van der Waals surface area contributed by atoms with Gasteiger partial charge in [-0.15, -0.1) is 0 Å². The Morgan fingerprint density at radius 1 is 1.17 bits per heavy atom. The highest BCUT2D eigenvalue weighted by atomic mass is 35.5. The zero-order chi connectivity index (χ0) is 16.4. The average molecular weight is 356 g/mol. The second-order valence-corrected chi connectivity index (χ2v) is 6.85. The van der Waals surface area contributed by atoms with Gasteiger partial charge < -0.3 is 8.83 Å². The second kappa shape index (κ2) is 6.19. The van der Waals surface area contributed by atoms with Crippen LogP contribution in [0, 0.1) is 5.82 Å². The van der Waals surface area contributed by atoms with Crippen molar-refractivity contribution in [3.63, 3.8) is 0 Å². The normalized spacial score (nSPS) is 11.7. The van der Waals surface area contributed by atoms with Crippen molar-refractivity contribution < 1.29 is 21.6 Å². The van der Waals surface area contributed by atoms with Crippen molar-refractivity contribution in [3.8, 4) is 11.3 Å². The molecule has 1 aromatic carbocycles. The quantitative estimate of drug-likeness (QED) is 0.755. The summed E-state index contributed by atoms with van der Waals surface area (Å²) >= 11 is 5.60. The van der Waals surface area contributed by atoms with E-state index in [2.05, 4.69) is 4.72 Å². The number of benzene rings is 1. The molecule has 0 bridgehead atoms. The summed E-state index contributed by atoms with van der Waals surface area (Å²) < 4.78 is 50.3. The van der Waals surface area contributed by atoms with E-state index in [4.69, 9.17) is 20.4 Å². The second-order valence-electron chi connectivity index (χ2n) is 4.68. The van der Waals surface area contributed by atoms with Gasteiger partial charge in [0.25, 0.3) is 0 Å². The zero-order valence-corrected chi connectivity index (χ0v) is 13.2. The average Bonchev–Trinajstić information content (AvgIpc) is 3.18. The van der Waals surface area contributed by atoms with E-state index in [1.807, 2.05) is 0 Å². The van der Waals surface area contributed by atoms with E-state index in [0.717, 1.165) is 23.8 Å². The summed E-state index contributed by atoms with van der Waals surface area (Å²) in [4.78, 5) is -0.120. The summed E-state index contributed by atoms with van der Waals surface area (Å²) in [5.74, 6) is 0.317. The van der Waals surface area contributed by atoms with Gasteiger partial charge in [-0.3, -0.25) is 0 Å². The van der Waals surface area contributed by atoms with Crippen LogP contribution < -0.4 is 4.72 Å². The molecule has 0 unspecified atom stereocenters. The molecular formula is C15H11ClFNO4S. The highest BCUT2D eigenvalue weighted by molar-refractivity contribution is 7.89. The number of furan rings is 2. The van der Waals surface area contributed by atoms with Crippen LogP contribution in [0.3, 0.4) is 0 Å². The number of hydrogen-bond acceptors (Lipinski definition) is 4. The minimum atomic E-state index is -3.82. The van der Waals surface area contributed by atoms with Crippen LogP contribution in [0.15, 0.2) is 62.7 Å². The number of sulfonamides is 1. The SMILES string of the molecule is O=S(=O)(NCc1ccc(-c2ccoc2)o1)c1ccc(F)c(Cl)c1. The van der Waals surface area contributed by atoms with Crippen molar-refractivity contribution in [1.82, 2.24) is 4.72 Å². The maximum absolute atomic E-state index is 13.1. The lowest BCUT2D eigenvalue weighted by Crippen LogP contribution is -2.23. The summed E-state index contributed by atoms with van der Waals surface area (Å²) in [5.41, 5.74) is 0.754. The van der Waals surface area contributed by atoms with Crippen molar-refractivity contribution in [2.45, 2.75) is 11.4 Å². The molecule has 3 rings (SSSR count). The standard InChI is InChI=1S/C15H11ClFNO4S/c16-13-7-12(2-3-14(13)17)23(19,20)18-8-11-1-4-15(22-11)10-5-6-21-9-10/h1-7,9,18H,8H2. The van der Waals surface area contributed by atoms with E-state index in [-0.39, 0.29) is 16.5 Å². The topological polar surface area (TPSA) is 72.5 Å². The fourth-order valence-electron chi connectivity index (χ4n) is 1.93. The van der Waals surface area contributed by atoms with Gasteiger partial charge in [-0.1, -0.05) is 11.6 Å². The van der Waals surface area contributed by atoms with Crippen LogP contribution in [-0.4, -0.2) is 8.42 Å². The monoisotopic (exact) mass is 355 g/mol. The molecule has 2 aromatic heterocycles. The van der Waals surface area contributed by atoms with E-state index < -0.39 is 15.8 Å². The van der Waals surface area contributed by atoms with Crippen LogP contribution in [0.2, 0.25) is 5.02 Å². The molecule has 3 aromatic rings. The summed E-state index contributed by atoms with van der Waals surface area (Å²) in [6, 6.07) is 8.29. The number of nitrogens with one attached hydrogen (secondary N) is 1. The van der Waals surface area contributed by atoms with Gasteiger partial charge in [0.2, 0.25) is 10.0 Å². The summed E-state index contributed by atoms with van der Waals surface area (Å²) in [6.45, 7) is -0.0464. The first-order chi connectivity index (χ1) is 11.0.